The van der Waals surface area contributed by atoms with E-state index >= 15 is 0 Å². The summed E-state index contributed by atoms with van der Waals surface area (Å²) in [6.45, 7) is 1.03. The molecule has 1 rings (SSSR count). The molecule has 78 valence electrons. The number of halogens is 1. The van der Waals surface area contributed by atoms with Gasteiger partial charge in [-0.25, -0.2) is 4.39 Å². The van der Waals surface area contributed by atoms with E-state index in [1.165, 1.54) is 13.2 Å². The van der Waals surface area contributed by atoms with Crippen LogP contribution in [0.3, 0.4) is 0 Å². The Kier molecular flexibility index (Phi) is 4.35. The minimum atomic E-state index is -0.343. The summed E-state index contributed by atoms with van der Waals surface area (Å²) in [5, 5.41) is 2.99. The van der Waals surface area contributed by atoms with Crippen LogP contribution in [0.2, 0.25) is 0 Å². The van der Waals surface area contributed by atoms with Gasteiger partial charge in [0.2, 0.25) is 0 Å². The van der Waals surface area contributed by atoms with Gasteiger partial charge in [0.15, 0.2) is 11.6 Å². The molecule has 0 aromatic heterocycles. The second-order valence-electron chi connectivity index (χ2n) is 2.83. The van der Waals surface area contributed by atoms with Crippen molar-refractivity contribution >= 4 is 0 Å². The quantitative estimate of drug-likeness (QED) is 0.576. The van der Waals surface area contributed by atoms with Crippen molar-refractivity contribution in [2.45, 2.75) is 6.54 Å². The molecule has 0 aliphatic heterocycles. The fourth-order valence-corrected chi connectivity index (χ4v) is 1.12. The molecule has 0 atom stereocenters. The van der Waals surface area contributed by atoms with Crippen LogP contribution in [0, 0.1) is 5.82 Å². The van der Waals surface area contributed by atoms with Gasteiger partial charge in [-0.1, -0.05) is 6.07 Å². The SMILES string of the molecule is COCNCc1ccc(OC)c(F)c1. The van der Waals surface area contributed by atoms with Gasteiger partial charge < -0.3 is 9.47 Å². The van der Waals surface area contributed by atoms with E-state index in [2.05, 4.69) is 5.32 Å². The van der Waals surface area contributed by atoms with Crippen LogP contribution in [0.4, 0.5) is 4.39 Å². The Hall–Kier alpha value is -1.13. The maximum atomic E-state index is 13.2. The van der Waals surface area contributed by atoms with E-state index in [0.717, 1.165) is 5.56 Å². The van der Waals surface area contributed by atoms with Crippen LogP contribution >= 0.6 is 0 Å². The number of hydrogen-bond acceptors (Lipinski definition) is 3. The predicted octanol–water partition coefficient (Wildman–Crippen LogP) is 1.53. The maximum Gasteiger partial charge on any atom is 0.165 e. The van der Waals surface area contributed by atoms with Gasteiger partial charge in [-0.05, 0) is 17.7 Å². The summed E-state index contributed by atoms with van der Waals surface area (Å²) in [6.07, 6.45) is 0. The standard InChI is InChI=1S/C10H14FNO2/c1-13-7-12-6-8-3-4-10(14-2)9(11)5-8/h3-5,12H,6-7H2,1-2H3. The highest BCUT2D eigenvalue weighted by molar-refractivity contribution is 5.29. The molecule has 0 saturated carbocycles. The van der Waals surface area contributed by atoms with Crippen LogP contribution in [-0.2, 0) is 11.3 Å². The Morgan fingerprint density at radius 2 is 2.14 bits per heavy atom. The van der Waals surface area contributed by atoms with Gasteiger partial charge in [0.1, 0.15) is 0 Å². The molecule has 1 aromatic carbocycles. The minimum Gasteiger partial charge on any atom is -0.494 e. The lowest BCUT2D eigenvalue weighted by Gasteiger charge is -2.06. The van der Waals surface area contributed by atoms with Gasteiger partial charge in [0.05, 0.1) is 13.8 Å². The summed E-state index contributed by atoms with van der Waals surface area (Å²) in [6, 6.07) is 4.87. The fourth-order valence-electron chi connectivity index (χ4n) is 1.12. The van der Waals surface area contributed by atoms with Crippen molar-refractivity contribution in [2.75, 3.05) is 21.0 Å². The molecule has 0 amide bonds. The van der Waals surface area contributed by atoms with Gasteiger partial charge in [0.25, 0.3) is 0 Å². The zero-order valence-corrected chi connectivity index (χ0v) is 8.34. The monoisotopic (exact) mass is 199 g/mol. The van der Waals surface area contributed by atoms with Crippen molar-refractivity contribution in [3.8, 4) is 5.75 Å². The average Bonchev–Trinajstić information content (AvgIpc) is 2.18. The van der Waals surface area contributed by atoms with Gasteiger partial charge in [-0.15, -0.1) is 0 Å². The normalized spacial score (nSPS) is 10.2. The van der Waals surface area contributed by atoms with Crippen LogP contribution in [0.15, 0.2) is 18.2 Å². The first-order valence-electron chi connectivity index (χ1n) is 4.30. The molecule has 0 heterocycles. The van der Waals surface area contributed by atoms with Gasteiger partial charge in [-0.2, -0.15) is 0 Å². The number of hydrogen-bond donors (Lipinski definition) is 1. The summed E-state index contributed by atoms with van der Waals surface area (Å²) in [5.74, 6) is -0.0790. The van der Waals surface area contributed by atoms with E-state index in [0.29, 0.717) is 13.3 Å². The van der Waals surface area contributed by atoms with Gasteiger partial charge in [0, 0.05) is 13.7 Å². The second kappa shape index (κ2) is 5.57. The third kappa shape index (κ3) is 2.97. The van der Waals surface area contributed by atoms with Crippen molar-refractivity contribution in [1.29, 1.82) is 0 Å². The van der Waals surface area contributed by atoms with Crippen LogP contribution in [0.5, 0.6) is 5.75 Å². The largest absolute Gasteiger partial charge is 0.494 e. The highest BCUT2D eigenvalue weighted by atomic mass is 19.1. The van der Waals surface area contributed by atoms with E-state index in [-0.39, 0.29) is 11.6 Å². The molecule has 3 nitrogen and oxygen atoms in total. The Morgan fingerprint density at radius 3 is 2.71 bits per heavy atom. The topological polar surface area (TPSA) is 30.5 Å². The number of nitrogens with one attached hydrogen (secondary N) is 1. The first-order valence-corrected chi connectivity index (χ1v) is 4.30. The molecule has 0 saturated heterocycles. The first-order chi connectivity index (χ1) is 6.77. The summed E-state index contributed by atoms with van der Waals surface area (Å²) in [5.41, 5.74) is 0.861. The Labute approximate surface area is 82.8 Å². The zero-order chi connectivity index (χ0) is 10.4. The molecule has 14 heavy (non-hydrogen) atoms. The zero-order valence-electron chi connectivity index (χ0n) is 8.34. The highest BCUT2D eigenvalue weighted by Crippen LogP contribution is 2.17. The molecule has 0 aliphatic rings. The van der Waals surface area contributed by atoms with Crippen molar-refractivity contribution in [3.63, 3.8) is 0 Å². The molecule has 0 spiro atoms. The summed E-state index contributed by atoms with van der Waals surface area (Å²) in [7, 11) is 3.04. The van der Waals surface area contributed by atoms with E-state index in [4.69, 9.17) is 9.47 Å². The Morgan fingerprint density at radius 1 is 1.36 bits per heavy atom. The smallest absolute Gasteiger partial charge is 0.165 e. The van der Waals surface area contributed by atoms with Gasteiger partial charge >= 0.3 is 0 Å². The first kappa shape index (κ1) is 10.9. The van der Waals surface area contributed by atoms with E-state index < -0.39 is 0 Å². The minimum absolute atomic E-state index is 0.264. The summed E-state index contributed by atoms with van der Waals surface area (Å²) < 4.78 is 22.8. The number of benzene rings is 1. The third-order valence-corrected chi connectivity index (χ3v) is 1.79. The maximum absolute atomic E-state index is 13.2. The Bertz CT molecular complexity index is 291. The highest BCUT2D eigenvalue weighted by Gasteiger charge is 2.02. The number of rotatable bonds is 5. The summed E-state index contributed by atoms with van der Waals surface area (Å²) in [4.78, 5) is 0. The third-order valence-electron chi connectivity index (χ3n) is 1.79. The van der Waals surface area contributed by atoms with Crippen LogP contribution in [0.1, 0.15) is 5.56 Å². The molecular formula is C10H14FNO2. The lowest BCUT2D eigenvalue weighted by atomic mass is 10.2. The predicted molar refractivity (Wildman–Crippen MR) is 51.7 cm³/mol. The molecule has 1 N–H and O–H groups in total. The second-order valence-corrected chi connectivity index (χ2v) is 2.83. The average molecular weight is 199 g/mol. The van der Waals surface area contributed by atoms with Crippen molar-refractivity contribution in [1.82, 2.24) is 5.32 Å². The molecule has 4 heteroatoms. The number of methoxy groups -OCH3 is 2. The summed E-state index contributed by atoms with van der Waals surface area (Å²) >= 11 is 0. The fraction of sp³-hybridized carbons (Fsp3) is 0.400. The molecule has 0 bridgehead atoms. The van der Waals surface area contributed by atoms with Crippen LogP contribution < -0.4 is 10.1 Å². The van der Waals surface area contributed by atoms with E-state index in [1.807, 2.05) is 6.07 Å². The molecule has 0 aliphatic carbocycles. The van der Waals surface area contributed by atoms with E-state index in [1.54, 1.807) is 13.2 Å². The molecular weight excluding hydrogens is 185 g/mol. The van der Waals surface area contributed by atoms with E-state index in [9.17, 15) is 4.39 Å². The Balaban J connectivity index is 2.57. The molecule has 0 fully saturated rings. The number of ether oxygens (including phenoxy) is 2. The lowest BCUT2D eigenvalue weighted by molar-refractivity contribution is 0.174. The van der Waals surface area contributed by atoms with Crippen molar-refractivity contribution < 1.29 is 13.9 Å². The lowest BCUT2D eigenvalue weighted by Crippen LogP contribution is -2.15. The van der Waals surface area contributed by atoms with Crippen molar-refractivity contribution in [3.05, 3.63) is 29.6 Å². The molecule has 1 aromatic rings. The van der Waals surface area contributed by atoms with Crippen LogP contribution in [0.25, 0.3) is 0 Å². The van der Waals surface area contributed by atoms with Crippen LogP contribution in [-0.4, -0.2) is 21.0 Å². The molecule has 0 radical (unpaired) electrons. The van der Waals surface area contributed by atoms with Crippen molar-refractivity contribution in [2.24, 2.45) is 0 Å². The van der Waals surface area contributed by atoms with Gasteiger partial charge in [-0.3, -0.25) is 5.32 Å². The molecule has 0 unspecified atom stereocenters.